The number of halogens is 1. The van der Waals surface area contributed by atoms with Crippen LogP contribution in [-0.4, -0.2) is 35.0 Å². The molecule has 1 aliphatic rings. The van der Waals surface area contributed by atoms with Crippen LogP contribution in [0.15, 0.2) is 0 Å². The van der Waals surface area contributed by atoms with Crippen molar-refractivity contribution in [3.8, 4) is 0 Å². The highest BCUT2D eigenvalue weighted by Gasteiger charge is 2.26. The van der Waals surface area contributed by atoms with Gasteiger partial charge in [0.25, 0.3) is 0 Å². The van der Waals surface area contributed by atoms with Crippen LogP contribution in [0.4, 0.5) is 0 Å². The molecule has 0 spiro atoms. The minimum absolute atomic E-state index is 0. The molecule has 0 radical (unpaired) electrons. The van der Waals surface area contributed by atoms with E-state index in [1.165, 1.54) is 0 Å². The summed E-state index contributed by atoms with van der Waals surface area (Å²) in [6.07, 6.45) is 0.966. The summed E-state index contributed by atoms with van der Waals surface area (Å²) in [6.45, 7) is 4.97. The summed E-state index contributed by atoms with van der Waals surface area (Å²) in [7, 11) is 0. The highest BCUT2D eigenvalue weighted by atomic mass is 35.5. The lowest BCUT2D eigenvalue weighted by Crippen LogP contribution is -2.45. The molecule has 84 valence electrons. The molecule has 0 aromatic rings. The molecule has 0 saturated carbocycles. The number of hydrogen-bond acceptors (Lipinski definition) is 3. The van der Waals surface area contributed by atoms with E-state index in [0.717, 1.165) is 24.6 Å². The topological polar surface area (TPSA) is 46.3 Å². The Morgan fingerprint density at radius 3 is 2.71 bits per heavy atom. The zero-order valence-corrected chi connectivity index (χ0v) is 10.4. The molecule has 0 aromatic carbocycles. The second-order valence-electron chi connectivity index (χ2n) is 3.55. The van der Waals surface area contributed by atoms with Gasteiger partial charge in [0, 0.05) is 12.3 Å². The number of nitrogens with zero attached hydrogens (tertiary/aromatic N) is 1. The average Bonchev–Trinajstić information content (AvgIpc) is 2.67. The molecule has 1 unspecified atom stereocenters. The third kappa shape index (κ3) is 3.33. The van der Waals surface area contributed by atoms with Gasteiger partial charge < -0.3 is 10.6 Å². The number of hydrogen-bond donors (Lipinski definition) is 1. The van der Waals surface area contributed by atoms with Crippen molar-refractivity contribution in [3.63, 3.8) is 0 Å². The van der Waals surface area contributed by atoms with Crippen LogP contribution in [-0.2, 0) is 4.79 Å². The molecule has 1 heterocycles. The number of carbonyl (C=O) groups is 1. The summed E-state index contributed by atoms with van der Waals surface area (Å²) in [5.74, 6) is 2.29. The molecule has 0 bridgehead atoms. The zero-order valence-electron chi connectivity index (χ0n) is 8.73. The van der Waals surface area contributed by atoms with Gasteiger partial charge in [-0.3, -0.25) is 4.79 Å². The van der Waals surface area contributed by atoms with Crippen LogP contribution in [0.3, 0.4) is 0 Å². The molecule has 3 nitrogen and oxygen atoms in total. The Kier molecular flexibility index (Phi) is 6.57. The predicted octanol–water partition coefficient (Wildman–Crippen LogP) is 1.31. The second-order valence-corrected chi connectivity index (χ2v) is 4.63. The third-order valence-electron chi connectivity index (χ3n) is 2.61. The summed E-state index contributed by atoms with van der Waals surface area (Å²) in [5.41, 5.74) is 5.85. The second kappa shape index (κ2) is 6.53. The van der Waals surface area contributed by atoms with E-state index < -0.39 is 0 Å². The van der Waals surface area contributed by atoms with Gasteiger partial charge in [0.2, 0.25) is 5.91 Å². The van der Waals surface area contributed by atoms with Crippen LogP contribution >= 0.6 is 24.2 Å². The van der Waals surface area contributed by atoms with Crippen LogP contribution in [0.5, 0.6) is 0 Å². The predicted molar refractivity (Wildman–Crippen MR) is 63.7 cm³/mol. The lowest BCUT2D eigenvalue weighted by Gasteiger charge is -2.23. The minimum Gasteiger partial charge on any atom is -0.331 e. The van der Waals surface area contributed by atoms with Gasteiger partial charge in [-0.05, 0) is 5.92 Å². The maximum atomic E-state index is 11.7. The van der Waals surface area contributed by atoms with Crippen LogP contribution in [0.2, 0.25) is 0 Å². The van der Waals surface area contributed by atoms with Crippen molar-refractivity contribution in [2.24, 2.45) is 11.7 Å². The van der Waals surface area contributed by atoms with Crippen LogP contribution in [0, 0.1) is 5.92 Å². The average molecular weight is 239 g/mol. The smallest absolute Gasteiger partial charge is 0.240 e. The van der Waals surface area contributed by atoms with Crippen molar-refractivity contribution >= 4 is 30.1 Å². The SMILES string of the molecule is CCC(C)[C@H](N)C(=O)N1CCSC1.Cl. The number of nitrogens with two attached hydrogens (primary N) is 1. The van der Waals surface area contributed by atoms with E-state index in [4.69, 9.17) is 5.73 Å². The fourth-order valence-electron chi connectivity index (χ4n) is 1.30. The van der Waals surface area contributed by atoms with Crippen molar-refractivity contribution in [1.29, 1.82) is 0 Å². The summed E-state index contributed by atoms with van der Waals surface area (Å²) in [6, 6.07) is -0.302. The van der Waals surface area contributed by atoms with Gasteiger partial charge in [0.1, 0.15) is 0 Å². The van der Waals surface area contributed by atoms with E-state index >= 15 is 0 Å². The largest absolute Gasteiger partial charge is 0.331 e. The van der Waals surface area contributed by atoms with Crippen molar-refractivity contribution < 1.29 is 4.79 Å². The van der Waals surface area contributed by atoms with Crippen LogP contribution in [0.1, 0.15) is 20.3 Å². The lowest BCUT2D eigenvalue weighted by molar-refractivity contribution is -0.132. The third-order valence-corrected chi connectivity index (χ3v) is 3.57. The highest BCUT2D eigenvalue weighted by Crippen LogP contribution is 2.16. The molecular formula is C9H19ClN2OS. The summed E-state index contributed by atoms with van der Waals surface area (Å²) in [4.78, 5) is 13.6. The standard InChI is InChI=1S/C9H18N2OS.ClH/c1-3-7(2)8(10)9(12)11-4-5-13-6-11;/h7-8H,3-6,10H2,1-2H3;1H/t7?,8-;/m0./s1. The Balaban J connectivity index is 0.00000169. The van der Waals surface area contributed by atoms with Gasteiger partial charge in [-0.1, -0.05) is 20.3 Å². The summed E-state index contributed by atoms with van der Waals surface area (Å²) in [5, 5.41) is 0. The normalized spacial score (nSPS) is 20.1. The van der Waals surface area contributed by atoms with Gasteiger partial charge in [0.05, 0.1) is 11.9 Å². The van der Waals surface area contributed by atoms with Gasteiger partial charge in [0.15, 0.2) is 0 Å². The number of carbonyl (C=O) groups excluding carboxylic acids is 1. The van der Waals surface area contributed by atoms with Gasteiger partial charge >= 0.3 is 0 Å². The molecular weight excluding hydrogens is 220 g/mol. The molecule has 1 fully saturated rings. The first-order valence-electron chi connectivity index (χ1n) is 4.79. The molecule has 14 heavy (non-hydrogen) atoms. The Labute approximate surface area is 96.2 Å². The molecule has 1 amide bonds. The Morgan fingerprint density at radius 2 is 2.29 bits per heavy atom. The molecule has 5 heteroatoms. The highest BCUT2D eigenvalue weighted by molar-refractivity contribution is 7.99. The van der Waals surface area contributed by atoms with E-state index in [1.54, 1.807) is 11.8 Å². The molecule has 1 rings (SSSR count). The van der Waals surface area contributed by atoms with Crippen molar-refractivity contribution in [2.75, 3.05) is 18.2 Å². The van der Waals surface area contributed by atoms with Crippen molar-refractivity contribution in [2.45, 2.75) is 26.3 Å². The monoisotopic (exact) mass is 238 g/mol. The molecule has 0 aromatic heterocycles. The maximum Gasteiger partial charge on any atom is 0.240 e. The zero-order chi connectivity index (χ0) is 9.84. The van der Waals surface area contributed by atoms with E-state index in [2.05, 4.69) is 6.92 Å². The van der Waals surface area contributed by atoms with E-state index in [-0.39, 0.29) is 30.3 Å². The number of thioether (sulfide) groups is 1. The van der Waals surface area contributed by atoms with E-state index in [0.29, 0.717) is 0 Å². The molecule has 2 atom stereocenters. The minimum atomic E-state index is -0.302. The Hall–Kier alpha value is 0.0700. The first kappa shape index (κ1) is 14.1. The first-order chi connectivity index (χ1) is 6.16. The fraction of sp³-hybridized carbons (Fsp3) is 0.889. The van der Waals surface area contributed by atoms with Crippen LogP contribution in [0.25, 0.3) is 0 Å². The molecule has 2 N–H and O–H groups in total. The Morgan fingerprint density at radius 1 is 1.64 bits per heavy atom. The lowest BCUT2D eigenvalue weighted by atomic mass is 9.99. The number of rotatable bonds is 3. The Bertz CT molecular complexity index is 186. The van der Waals surface area contributed by atoms with Gasteiger partial charge in [-0.15, -0.1) is 24.2 Å². The molecule has 0 aliphatic carbocycles. The van der Waals surface area contributed by atoms with Crippen molar-refractivity contribution in [1.82, 2.24) is 4.90 Å². The fourth-order valence-corrected chi connectivity index (χ4v) is 2.25. The van der Waals surface area contributed by atoms with Gasteiger partial charge in [-0.2, -0.15) is 0 Å². The van der Waals surface area contributed by atoms with E-state index in [9.17, 15) is 4.79 Å². The molecule has 1 aliphatic heterocycles. The summed E-state index contributed by atoms with van der Waals surface area (Å²) >= 11 is 1.80. The van der Waals surface area contributed by atoms with Crippen LogP contribution < -0.4 is 5.73 Å². The number of amides is 1. The quantitative estimate of drug-likeness (QED) is 0.807. The summed E-state index contributed by atoms with van der Waals surface area (Å²) < 4.78 is 0. The van der Waals surface area contributed by atoms with Gasteiger partial charge in [-0.25, -0.2) is 0 Å². The maximum absolute atomic E-state index is 11.7. The molecule has 1 saturated heterocycles. The van der Waals surface area contributed by atoms with Crippen molar-refractivity contribution in [3.05, 3.63) is 0 Å². The van der Waals surface area contributed by atoms with E-state index in [1.807, 2.05) is 11.8 Å². The first-order valence-corrected chi connectivity index (χ1v) is 5.94.